The zero-order valence-electron chi connectivity index (χ0n) is 13.1. The molecule has 118 valence electrons. The SMILES string of the molecule is CC(C)Cn1ncnc1CN1CCN(C(=O)C(C)O)CC1. The molecule has 1 amide bonds. The van der Waals surface area contributed by atoms with Gasteiger partial charge < -0.3 is 10.0 Å². The Morgan fingerprint density at radius 2 is 1.95 bits per heavy atom. The lowest BCUT2D eigenvalue weighted by Gasteiger charge is -2.35. The van der Waals surface area contributed by atoms with Crippen LogP contribution in [0.25, 0.3) is 0 Å². The number of carbonyl (C=O) groups is 1. The molecule has 2 rings (SSSR count). The maximum absolute atomic E-state index is 11.7. The lowest BCUT2D eigenvalue weighted by Crippen LogP contribution is -2.50. The number of hydrogen-bond donors (Lipinski definition) is 1. The summed E-state index contributed by atoms with van der Waals surface area (Å²) in [7, 11) is 0. The molecule has 1 aliphatic heterocycles. The van der Waals surface area contributed by atoms with Crippen LogP contribution in [0.2, 0.25) is 0 Å². The highest BCUT2D eigenvalue weighted by Gasteiger charge is 2.24. The van der Waals surface area contributed by atoms with Crippen molar-refractivity contribution in [2.45, 2.75) is 40.0 Å². The first-order valence-electron chi connectivity index (χ1n) is 7.53. The van der Waals surface area contributed by atoms with Crippen molar-refractivity contribution in [3.63, 3.8) is 0 Å². The predicted molar refractivity (Wildman–Crippen MR) is 78.4 cm³/mol. The van der Waals surface area contributed by atoms with Crippen LogP contribution in [0.3, 0.4) is 0 Å². The van der Waals surface area contributed by atoms with E-state index in [0.29, 0.717) is 19.0 Å². The van der Waals surface area contributed by atoms with Crippen molar-refractivity contribution in [2.75, 3.05) is 26.2 Å². The summed E-state index contributed by atoms with van der Waals surface area (Å²) in [5.74, 6) is 1.32. The second-order valence-corrected chi connectivity index (χ2v) is 6.03. The molecule has 1 aromatic rings. The lowest BCUT2D eigenvalue weighted by atomic mass is 10.2. The van der Waals surface area contributed by atoms with Gasteiger partial charge in [-0.25, -0.2) is 9.67 Å². The Labute approximate surface area is 125 Å². The van der Waals surface area contributed by atoms with Crippen LogP contribution in [0.4, 0.5) is 0 Å². The monoisotopic (exact) mass is 295 g/mol. The number of carbonyl (C=O) groups excluding carboxylic acids is 1. The van der Waals surface area contributed by atoms with Gasteiger partial charge in [-0.05, 0) is 12.8 Å². The maximum Gasteiger partial charge on any atom is 0.251 e. The highest BCUT2D eigenvalue weighted by molar-refractivity contribution is 5.80. The summed E-state index contributed by atoms with van der Waals surface area (Å²) in [5.41, 5.74) is 0. The van der Waals surface area contributed by atoms with Crippen LogP contribution in [0.1, 0.15) is 26.6 Å². The number of hydrogen-bond acceptors (Lipinski definition) is 5. The van der Waals surface area contributed by atoms with Crippen molar-refractivity contribution in [2.24, 2.45) is 5.92 Å². The van der Waals surface area contributed by atoms with Crippen molar-refractivity contribution < 1.29 is 9.90 Å². The number of aliphatic hydroxyl groups excluding tert-OH is 1. The summed E-state index contributed by atoms with van der Waals surface area (Å²) in [4.78, 5) is 20.1. The third-order valence-electron chi connectivity index (χ3n) is 3.64. The third kappa shape index (κ3) is 4.25. The molecule has 0 saturated carbocycles. The van der Waals surface area contributed by atoms with Crippen molar-refractivity contribution in [3.8, 4) is 0 Å². The minimum atomic E-state index is -0.911. The van der Waals surface area contributed by atoms with Crippen molar-refractivity contribution >= 4 is 5.91 Å². The summed E-state index contributed by atoms with van der Waals surface area (Å²) in [6, 6.07) is 0. The quantitative estimate of drug-likeness (QED) is 0.825. The second-order valence-electron chi connectivity index (χ2n) is 6.03. The van der Waals surface area contributed by atoms with Crippen LogP contribution in [0, 0.1) is 5.92 Å². The van der Waals surface area contributed by atoms with Gasteiger partial charge in [0.15, 0.2) is 0 Å². The molecule has 0 radical (unpaired) electrons. The van der Waals surface area contributed by atoms with E-state index in [4.69, 9.17) is 0 Å². The molecule has 1 N–H and O–H groups in total. The zero-order valence-corrected chi connectivity index (χ0v) is 13.1. The van der Waals surface area contributed by atoms with Crippen LogP contribution in [0.5, 0.6) is 0 Å². The Morgan fingerprint density at radius 3 is 2.52 bits per heavy atom. The Bertz CT molecular complexity index is 464. The fourth-order valence-corrected chi connectivity index (χ4v) is 2.50. The molecule has 7 heteroatoms. The van der Waals surface area contributed by atoms with Gasteiger partial charge in [0.05, 0.1) is 6.54 Å². The fraction of sp³-hybridized carbons (Fsp3) is 0.786. The van der Waals surface area contributed by atoms with Gasteiger partial charge in [-0.1, -0.05) is 13.8 Å². The Morgan fingerprint density at radius 1 is 1.29 bits per heavy atom. The van der Waals surface area contributed by atoms with Crippen molar-refractivity contribution in [3.05, 3.63) is 12.2 Å². The minimum absolute atomic E-state index is 0.183. The smallest absolute Gasteiger partial charge is 0.251 e. The van der Waals surface area contributed by atoms with E-state index in [9.17, 15) is 9.90 Å². The molecular formula is C14H25N5O2. The Kier molecular flexibility index (Phi) is 5.30. The molecule has 0 spiro atoms. The normalized spacial score (nSPS) is 18.2. The Balaban J connectivity index is 1.86. The summed E-state index contributed by atoms with van der Waals surface area (Å²) in [5, 5.41) is 13.6. The van der Waals surface area contributed by atoms with Crippen LogP contribution in [-0.4, -0.2) is 67.9 Å². The Hall–Kier alpha value is -1.47. The van der Waals surface area contributed by atoms with Gasteiger partial charge >= 0.3 is 0 Å². The van der Waals surface area contributed by atoms with E-state index >= 15 is 0 Å². The van der Waals surface area contributed by atoms with Gasteiger partial charge in [-0.15, -0.1) is 0 Å². The van der Waals surface area contributed by atoms with Gasteiger partial charge in [0.1, 0.15) is 18.3 Å². The number of nitrogens with zero attached hydrogens (tertiary/aromatic N) is 5. The van der Waals surface area contributed by atoms with Gasteiger partial charge in [0.2, 0.25) is 0 Å². The van der Waals surface area contributed by atoms with Gasteiger partial charge in [-0.3, -0.25) is 9.69 Å². The van der Waals surface area contributed by atoms with E-state index in [1.165, 1.54) is 6.92 Å². The van der Waals surface area contributed by atoms with Gasteiger partial charge in [0, 0.05) is 32.7 Å². The topological polar surface area (TPSA) is 74.5 Å². The number of aromatic nitrogens is 3. The number of amides is 1. The third-order valence-corrected chi connectivity index (χ3v) is 3.64. The van der Waals surface area contributed by atoms with E-state index in [2.05, 4.69) is 28.8 Å². The van der Waals surface area contributed by atoms with E-state index in [1.807, 2.05) is 4.68 Å². The average molecular weight is 295 g/mol. The molecule has 0 bridgehead atoms. The molecular weight excluding hydrogens is 270 g/mol. The first-order chi connectivity index (χ1) is 9.97. The van der Waals surface area contributed by atoms with Crippen LogP contribution < -0.4 is 0 Å². The molecule has 7 nitrogen and oxygen atoms in total. The molecule has 0 aliphatic carbocycles. The van der Waals surface area contributed by atoms with Gasteiger partial charge in [0.25, 0.3) is 5.91 Å². The molecule has 1 saturated heterocycles. The number of piperazine rings is 1. The summed E-state index contributed by atoms with van der Waals surface area (Å²) < 4.78 is 1.96. The maximum atomic E-state index is 11.7. The summed E-state index contributed by atoms with van der Waals surface area (Å²) in [6.45, 7) is 10.4. The lowest BCUT2D eigenvalue weighted by molar-refractivity contribution is -0.141. The van der Waals surface area contributed by atoms with Crippen LogP contribution in [-0.2, 0) is 17.9 Å². The van der Waals surface area contributed by atoms with Crippen molar-refractivity contribution in [1.29, 1.82) is 0 Å². The van der Waals surface area contributed by atoms with E-state index in [1.54, 1.807) is 11.2 Å². The van der Waals surface area contributed by atoms with Crippen LogP contribution >= 0.6 is 0 Å². The highest BCUT2D eigenvalue weighted by Crippen LogP contribution is 2.09. The second kappa shape index (κ2) is 7.00. The van der Waals surface area contributed by atoms with Crippen molar-refractivity contribution in [1.82, 2.24) is 24.6 Å². The summed E-state index contributed by atoms with van der Waals surface area (Å²) >= 11 is 0. The number of aliphatic hydroxyl groups is 1. The highest BCUT2D eigenvalue weighted by atomic mass is 16.3. The van der Waals surface area contributed by atoms with Gasteiger partial charge in [-0.2, -0.15) is 5.10 Å². The molecule has 21 heavy (non-hydrogen) atoms. The predicted octanol–water partition coefficient (Wildman–Crippen LogP) is -0.0409. The molecule has 1 atom stereocenters. The minimum Gasteiger partial charge on any atom is -0.384 e. The largest absolute Gasteiger partial charge is 0.384 e. The van der Waals surface area contributed by atoms with E-state index in [0.717, 1.165) is 32.0 Å². The molecule has 1 fully saturated rings. The molecule has 2 heterocycles. The molecule has 0 aromatic carbocycles. The molecule has 1 aromatic heterocycles. The zero-order chi connectivity index (χ0) is 15.4. The van der Waals surface area contributed by atoms with Crippen LogP contribution in [0.15, 0.2) is 6.33 Å². The summed E-state index contributed by atoms with van der Waals surface area (Å²) in [6.07, 6.45) is 0.691. The average Bonchev–Trinajstić information content (AvgIpc) is 2.85. The fourth-order valence-electron chi connectivity index (χ4n) is 2.50. The number of rotatable bonds is 5. The van der Waals surface area contributed by atoms with E-state index in [-0.39, 0.29) is 5.91 Å². The molecule has 1 unspecified atom stereocenters. The van der Waals surface area contributed by atoms with E-state index < -0.39 is 6.10 Å². The first-order valence-corrected chi connectivity index (χ1v) is 7.53. The standard InChI is InChI=1S/C14H25N5O2/c1-11(2)8-19-13(15-10-16-19)9-17-4-6-18(7-5-17)14(21)12(3)20/h10-12,20H,4-9H2,1-3H3. The first kappa shape index (κ1) is 15.9. The molecule has 1 aliphatic rings.